The third-order valence-electron chi connectivity index (χ3n) is 8.46. The van der Waals surface area contributed by atoms with Crippen molar-refractivity contribution < 1.29 is 21.6 Å². The number of alkyl halides is 3. The van der Waals surface area contributed by atoms with Gasteiger partial charge in [0.25, 0.3) is 0 Å². The zero-order chi connectivity index (χ0) is 29.5. The molecule has 0 spiro atoms. The Bertz CT molecular complexity index is 1350. The smallest absolute Gasteiger partial charge is 0.233 e. The van der Waals surface area contributed by atoms with Gasteiger partial charge in [-0.2, -0.15) is 18.3 Å². The van der Waals surface area contributed by atoms with E-state index in [0.29, 0.717) is 24.2 Å². The molecule has 0 amide bonds. The van der Waals surface area contributed by atoms with Gasteiger partial charge in [0.1, 0.15) is 5.41 Å². The molecule has 2 aromatic carbocycles. The summed E-state index contributed by atoms with van der Waals surface area (Å²) >= 11 is 0. The first-order chi connectivity index (χ1) is 19.5. The molecule has 1 heterocycles. The number of hydrogen-bond acceptors (Lipinski definition) is 3. The van der Waals surface area contributed by atoms with E-state index in [1.54, 1.807) is 6.07 Å². The van der Waals surface area contributed by atoms with E-state index in [4.69, 9.17) is 5.14 Å². The van der Waals surface area contributed by atoms with Crippen LogP contribution < -0.4 is 5.14 Å². The van der Waals surface area contributed by atoms with Crippen molar-refractivity contribution in [2.24, 2.45) is 5.14 Å². The lowest BCUT2D eigenvalue weighted by Crippen LogP contribution is -2.43. The van der Waals surface area contributed by atoms with E-state index in [1.807, 2.05) is 31.2 Å². The predicted molar refractivity (Wildman–Crippen MR) is 157 cm³/mol. The maximum atomic E-state index is 15.3. The number of nitrogens with zero attached hydrogens (tertiary/aromatic N) is 2. The summed E-state index contributed by atoms with van der Waals surface area (Å²) in [6.07, 6.45) is 6.85. The van der Waals surface area contributed by atoms with Crippen LogP contribution in [0.4, 0.5) is 13.2 Å². The van der Waals surface area contributed by atoms with Gasteiger partial charge in [0, 0.05) is 5.56 Å². The number of aryl methyl sites for hydroxylation is 1. The number of halogens is 3. The highest BCUT2D eigenvalue weighted by Gasteiger charge is 2.56. The SMILES string of the molecule is Cc1ccc(-c2cc(C3(C(F)(F)F)CCCCCCCCCCCCCC3)nn2-c2ccc(S(N)(=O)=O)cc2)cc1. The Morgan fingerprint density at radius 1 is 0.756 bits per heavy atom. The van der Waals surface area contributed by atoms with E-state index in [-0.39, 0.29) is 23.4 Å². The molecule has 0 atom stereocenters. The largest absolute Gasteiger partial charge is 0.400 e. The number of benzene rings is 2. The van der Waals surface area contributed by atoms with Crippen molar-refractivity contribution >= 4 is 10.0 Å². The van der Waals surface area contributed by atoms with Gasteiger partial charge in [0.2, 0.25) is 10.0 Å². The molecule has 0 unspecified atom stereocenters. The summed E-state index contributed by atoms with van der Waals surface area (Å²) in [5.74, 6) is 0. The van der Waals surface area contributed by atoms with Crippen LogP contribution in [0.3, 0.4) is 0 Å². The van der Waals surface area contributed by atoms with Gasteiger partial charge in [-0.1, -0.05) is 107 Å². The number of nitrogens with two attached hydrogens (primary N) is 1. The first-order valence-electron chi connectivity index (χ1n) is 14.9. The fraction of sp³-hybridized carbons (Fsp3) is 0.531. The fourth-order valence-corrected chi connectivity index (χ4v) is 6.47. The Kier molecular flexibility index (Phi) is 10.3. The van der Waals surface area contributed by atoms with E-state index < -0.39 is 21.6 Å². The molecule has 9 heteroatoms. The molecule has 1 fully saturated rings. The second kappa shape index (κ2) is 13.6. The van der Waals surface area contributed by atoms with Crippen molar-refractivity contribution in [2.45, 2.75) is 113 Å². The van der Waals surface area contributed by atoms with Crippen molar-refractivity contribution in [1.82, 2.24) is 9.78 Å². The molecule has 224 valence electrons. The summed E-state index contributed by atoms with van der Waals surface area (Å²) in [6, 6.07) is 15.0. The van der Waals surface area contributed by atoms with Crippen LogP contribution in [0.25, 0.3) is 16.9 Å². The van der Waals surface area contributed by atoms with E-state index in [9.17, 15) is 8.42 Å². The second-order valence-corrected chi connectivity index (χ2v) is 13.1. The molecule has 0 radical (unpaired) electrons. The molecule has 1 aromatic heterocycles. The van der Waals surface area contributed by atoms with Gasteiger partial charge < -0.3 is 0 Å². The summed E-state index contributed by atoms with van der Waals surface area (Å²) in [5, 5.41) is 9.94. The first kappa shape index (κ1) is 31.3. The van der Waals surface area contributed by atoms with Crippen molar-refractivity contribution in [3.63, 3.8) is 0 Å². The minimum absolute atomic E-state index is 0.00516. The Hall–Kier alpha value is -2.65. The normalized spacial score (nSPS) is 18.4. The van der Waals surface area contributed by atoms with Gasteiger partial charge in [-0.15, -0.1) is 0 Å². The minimum atomic E-state index is -4.47. The van der Waals surface area contributed by atoms with Crippen LogP contribution >= 0.6 is 0 Å². The van der Waals surface area contributed by atoms with Crippen LogP contribution in [-0.4, -0.2) is 24.4 Å². The van der Waals surface area contributed by atoms with E-state index in [2.05, 4.69) is 5.10 Å². The molecular formula is C32H42F3N3O2S. The molecule has 2 N–H and O–H groups in total. The Morgan fingerprint density at radius 2 is 1.22 bits per heavy atom. The van der Waals surface area contributed by atoms with Gasteiger partial charge in [0.15, 0.2) is 0 Å². The summed E-state index contributed by atoms with van der Waals surface area (Å²) in [4.78, 5) is -0.0703. The molecule has 0 aliphatic heterocycles. The molecule has 5 nitrogen and oxygen atoms in total. The lowest BCUT2D eigenvalue weighted by atomic mass is 9.74. The quantitative estimate of drug-likeness (QED) is 0.330. The Labute approximate surface area is 242 Å². The lowest BCUT2D eigenvalue weighted by Gasteiger charge is -2.35. The van der Waals surface area contributed by atoms with Gasteiger partial charge in [-0.3, -0.25) is 0 Å². The molecule has 1 saturated carbocycles. The second-order valence-electron chi connectivity index (χ2n) is 11.6. The highest BCUT2D eigenvalue weighted by Crippen LogP contribution is 2.49. The lowest BCUT2D eigenvalue weighted by molar-refractivity contribution is -0.197. The number of hydrogen-bond donors (Lipinski definition) is 1. The molecule has 1 aliphatic rings. The maximum Gasteiger partial charge on any atom is 0.400 e. The van der Waals surface area contributed by atoms with E-state index in [1.165, 1.54) is 41.8 Å². The van der Waals surface area contributed by atoms with E-state index in [0.717, 1.165) is 62.5 Å². The molecule has 0 bridgehead atoms. The van der Waals surface area contributed by atoms with Crippen LogP contribution in [-0.2, 0) is 15.4 Å². The van der Waals surface area contributed by atoms with Gasteiger partial charge in [0.05, 0.1) is 22.0 Å². The summed E-state index contributed by atoms with van der Waals surface area (Å²) in [6.45, 7) is 1.95. The van der Waals surface area contributed by atoms with Crippen molar-refractivity contribution in [2.75, 3.05) is 0 Å². The molecule has 1 aliphatic carbocycles. The highest BCUT2D eigenvalue weighted by molar-refractivity contribution is 7.89. The van der Waals surface area contributed by atoms with Crippen molar-refractivity contribution in [3.05, 3.63) is 65.9 Å². The third-order valence-corrected chi connectivity index (χ3v) is 9.39. The van der Waals surface area contributed by atoms with Gasteiger partial charge in [-0.25, -0.2) is 18.2 Å². The summed E-state index contributed by atoms with van der Waals surface area (Å²) < 4.78 is 71.0. The zero-order valence-electron chi connectivity index (χ0n) is 23.9. The zero-order valence-corrected chi connectivity index (χ0v) is 24.7. The molecule has 3 aromatic rings. The van der Waals surface area contributed by atoms with Crippen LogP contribution in [0, 0.1) is 6.92 Å². The van der Waals surface area contributed by atoms with Crippen molar-refractivity contribution in [3.8, 4) is 16.9 Å². The standard InChI is InChI=1S/C32H42F3N3O2S/c1-25-14-16-26(17-15-25)29-24-30(37-38(29)27-18-20-28(21-19-27)41(36,39)40)31(32(33,34)35)22-12-10-8-6-4-2-3-5-7-9-11-13-23-31/h14-21,24H,2-13,22-23H2,1H3,(H2,36,39,40). The monoisotopic (exact) mass is 589 g/mol. The summed E-state index contributed by atoms with van der Waals surface area (Å²) in [7, 11) is -3.91. The molecular weight excluding hydrogens is 547 g/mol. The minimum Gasteiger partial charge on any atom is -0.233 e. The van der Waals surface area contributed by atoms with E-state index >= 15 is 13.2 Å². The van der Waals surface area contributed by atoms with Crippen molar-refractivity contribution in [1.29, 1.82) is 0 Å². The third kappa shape index (κ3) is 7.80. The average Bonchev–Trinajstić information content (AvgIpc) is 3.36. The fourth-order valence-electron chi connectivity index (χ4n) is 5.95. The topological polar surface area (TPSA) is 78.0 Å². The van der Waals surface area contributed by atoms with Crippen LogP contribution in [0.15, 0.2) is 59.5 Å². The molecule has 41 heavy (non-hydrogen) atoms. The molecule has 4 rings (SSSR count). The average molecular weight is 590 g/mol. The summed E-state index contributed by atoms with van der Waals surface area (Å²) in [5.41, 5.74) is 0.737. The van der Waals surface area contributed by atoms with Crippen LogP contribution in [0.2, 0.25) is 0 Å². The number of primary sulfonamides is 1. The van der Waals surface area contributed by atoms with Gasteiger partial charge in [-0.05, 0) is 50.1 Å². The van der Waals surface area contributed by atoms with Crippen LogP contribution in [0.5, 0.6) is 0 Å². The number of sulfonamides is 1. The number of rotatable bonds is 4. The number of aromatic nitrogens is 2. The Balaban J connectivity index is 1.80. The molecule has 0 saturated heterocycles. The van der Waals surface area contributed by atoms with Crippen LogP contribution in [0.1, 0.15) is 101 Å². The highest BCUT2D eigenvalue weighted by atomic mass is 32.2. The van der Waals surface area contributed by atoms with Gasteiger partial charge >= 0.3 is 6.18 Å². The first-order valence-corrected chi connectivity index (χ1v) is 16.4. The predicted octanol–water partition coefficient (Wildman–Crippen LogP) is 8.77. The Morgan fingerprint density at radius 3 is 1.66 bits per heavy atom. The maximum absolute atomic E-state index is 15.3.